The van der Waals surface area contributed by atoms with Crippen molar-refractivity contribution in [2.75, 3.05) is 0 Å². The summed E-state index contributed by atoms with van der Waals surface area (Å²) in [6.45, 7) is 6.77. The highest BCUT2D eigenvalue weighted by atomic mass is 15.0. The molecule has 0 saturated carbocycles. The third kappa shape index (κ3) is 1.46. The Morgan fingerprint density at radius 2 is 1.12 bits per heavy atom. The molecule has 0 bridgehead atoms. The third-order valence-electron chi connectivity index (χ3n) is 3.25. The molecule has 3 rings (SSSR count). The molecule has 1 heteroatoms. The van der Waals surface area contributed by atoms with E-state index in [1.54, 1.807) is 0 Å². The maximum atomic E-state index is 2.43. The number of para-hydroxylation sites is 2. The predicted molar refractivity (Wildman–Crippen MR) is 74.4 cm³/mol. The number of nitrogens with zero attached hydrogens (tertiary/aromatic N) is 1. The molecule has 2 aromatic carbocycles. The second-order valence-electron chi connectivity index (χ2n) is 5.54. The first-order valence-corrected chi connectivity index (χ1v) is 6.08. The van der Waals surface area contributed by atoms with Crippen LogP contribution in [-0.2, 0) is 5.54 Å². The number of benzene rings is 2. The third-order valence-corrected chi connectivity index (χ3v) is 3.25. The van der Waals surface area contributed by atoms with Gasteiger partial charge in [-0.25, -0.2) is 0 Å². The van der Waals surface area contributed by atoms with Crippen molar-refractivity contribution in [2.45, 2.75) is 26.3 Å². The van der Waals surface area contributed by atoms with Crippen LogP contribution in [-0.4, -0.2) is 4.57 Å². The lowest BCUT2D eigenvalue weighted by Gasteiger charge is -2.24. The molecular weight excluding hydrogens is 206 g/mol. The summed E-state index contributed by atoms with van der Waals surface area (Å²) in [5.74, 6) is 0. The van der Waals surface area contributed by atoms with Gasteiger partial charge in [0, 0.05) is 27.3 Å². The molecule has 0 spiro atoms. The molecule has 0 radical (unpaired) electrons. The van der Waals surface area contributed by atoms with Gasteiger partial charge in [-0.05, 0) is 32.9 Å². The summed E-state index contributed by atoms with van der Waals surface area (Å²) in [5, 5.41) is 2.69. The first-order valence-electron chi connectivity index (χ1n) is 6.08. The molecule has 1 heterocycles. The van der Waals surface area contributed by atoms with Crippen molar-refractivity contribution >= 4 is 21.8 Å². The predicted octanol–water partition coefficient (Wildman–Crippen LogP) is 4.55. The van der Waals surface area contributed by atoms with E-state index in [1.807, 2.05) is 0 Å². The van der Waals surface area contributed by atoms with Gasteiger partial charge in [0.25, 0.3) is 0 Å². The normalized spacial score (nSPS) is 12.4. The van der Waals surface area contributed by atoms with Gasteiger partial charge in [-0.3, -0.25) is 0 Å². The molecule has 0 aliphatic heterocycles. The molecule has 0 aliphatic rings. The number of hydrogen-bond acceptors (Lipinski definition) is 0. The summed E-state index contributed by atoms with van der Waals surface area (Å²) < 4.78 is 2.43. The smallest absolute Gasteiger partial charge is 0.0496 e. The fraction of sp³-hybridized carbons (Fsp3) is 0.250. The van der Waals surface area contributed by atoms with Crippen molar-refractivity contribution in [3.05, 3.63) is 48.5 Å². The van der Waals surface area contributed by atoms with Crippen molar-refractivity contribution in [1.29, 1.82) is 0 Å². The van der Waals surface area contributed by atoms with Crippen molar-refractivity contribution in [2.24, 2.45) is 0 Å². The zero-order valence-electron chi connectivity index (χ0n) is 10.6. The van der Waals surface area contributed by atoms with E-state index >= 15 is 0 Å². The number of hydrogen-bond donors (Lipinski definition) is 0. The van der Waals surface area contributed by atoms with Crippen LogP contribution in [0.1, 0.15) is 20.8 Å². The Hall–Kier alpha value is -1.76. The standard InChI is InChI=1S/C16H17N/c1-16(2,3)17-14-10-6-4-8-12(14)13-9-5-7-11-15(13)17/h4-11H,1-3H3. The molecule has 86 valence electrons. The van der Waals surface area contributed by atoms with Crippen LogP contribution in [0, 0.1) is 0 Å². The molecule has 17 heavy (non-hydrogen) atoms. The zero-order valence-corrected chi connectivity index (χ0v) is 10.6. The summed E-state index contributed by atoms with van der Waals surface area (Å²) in [4.78, 5) is 0. The zero-order chi connectivity index (χ0) is 12.0. The van der Waals surface area contributed by atoms with Crippen LogP contribution in [0.15, 0.2) is 48.5 Å². The number of rotatable bonds is 0. The molecule has 0 unspecified atom stereocenters. The minimum Gasteiger partial charge on any atom is -0.335 e. The van der Waals surface area contributed by atoms with Crippen LogP contribution >= 0.6 is 0 Å². The Bertz CT molecular complexity index is 630. The van der Waals surface area contributed by atoms with E-state index < -0.39 is 0 Å². The van der Waals surface area contributed by atoms with E-state index in [0.717, 1.165) is 0 Å². The molecule has 1 aromatic heterocycles. The Labute approximate surface area is 102 Å². The Balaban J connectivity index is 2.60. The van der Waals surface area contributed by atoms with Gasteiger partial charge in [0.1, 0.15) is 0 Å². The lowest BCUT2D eigenvalue weighted by Crippen LogP contribution is -2.21. The van der Waals surface area contributed by atoms with Gasteiger partial charge in [0.05, 0.1) is 0 Å². The maximum Gasteiger partial charge on any atom is 0.0496 e. The molecular formula is C16H17N. The highest BCUT2D eigenvalue weighted by Crippen LogP contribution is 2.33. The van der Waals surface area contributed by atoms with E-state index in [2.05, 4.69) is 73.9 Å². The molecule has 0 fully saturated rings. The minimum absolute atomic E-state index is 0.0999. The van der Waals surface area contributed by atoms with Crippen LogP contribution in [0.2, 0.25) is 0 Å². The van der Waals surface area contributed by atoms with E-state index in [4.69, 9.17) is 0 Å². The van der Waals surface area contributed by atoms with Gasteiger partial charge in [0.15, 0.2) is 0 Å². The summed E-state index contributed by atoms with van der Waals surface area (Å²) in [6, 6.07) is 17.3. The van der Waals surface area contributed by atoms with E-state index in [-0.39, 0.29) is 5.54 Å². The highest BCUT2D eigenvalue weighted by molar-refractivity contribution is 6.08. The maximum absolute atomic E-state index is 2.43. The van der Waals surface area contributed by atoms with Crippen molar-refractivity contribution in [1.82, 2.24) is 4.57 Å². The van der Waals surface area contributed by atoms with Crippen molar-refractivity contribution in [3.8, 4) is 0 Å². The fourth-order valence-electron chi connectivity index (χ4n) is 2.65. The van der Waals surface area contributed by atoms with Gasteiger partial charge >= 0.3 is 0 Å². The average Bonchev–Trinajstić information content (AvgIpc) is 2.63. The lowest BCUT2D eigenvalue weighted by molar-refractivity contribution is 0.423. The van der Waals surface area contributed by atoms with Crippen molar-refractivity contribution in [3.63, 3.8) is 0 Å². The summed E-state index contributed by atoms with van der Waals surface area (Å²) in [7, 11) is 0. The molecule has 0 aliphatic carbocycles. The van der Waals surface area contributed by atoms with Crippen LogP contribution in [0.3, 0.4) is 0 Å². The molecule has 0 N–H and O–H groups in total. The monoisotopic (exact) mass is 223 g/mol. The Morgan fingerprint density at radius 3 is 1.53 bits per heavy atom. The van der Waals surface area contributed by atoms with Gasteiger partial charge in [-0.1, -0.05) is 36.4 Å². The largest absolute Gasteiger partial charge is 0.335 e. The van der Waals surface area contributed by atoms with Crippen LogP contribution in [0.5, 0.6) is 0 Å². The Kier molecular flexibility index (Phi) is 2.06. The molecule has 0 atom stereocenters. The van der Waals surface area contributed by atoms with E-state index in [9.17, 15) is 0 Å². The molecule has 3 aromatic rings. The Morgan fingerprint density at radius 1 is 0.706 bits per heavy atom. The molecule has 1 nitrogen and oxygen atoms in total. The molecule has 0 amide bonds. The average molecular weight is 223 g/mol. The van der Waals surface area contributed by atoms with Crippen LogP contribution in [0.25, 0.3) is 21.8 Å². The van der Waals surface area contributed by atoms with Gasteiger partial charge < -0.3 is 4.57 Å². The first kappa shape index (κ1) is 10.4. The van der Waals surface area contributed by atoms with Gasteiger partial charge in [-0.2, -0.15) is 0 Å². The SMILES string of the molecule is CC(C)(C)n1c2ccccc2c2ccccc21. The highest BCUT2D eigenvalue weighted by Gasteiger charge is 2.19. The van der Waals surface area contributed by atoms with E-state index in [1.165, 1.54) is 21.8 Å². The lowest BCUT2D eigenvalue weighted by atomic mass is 10.1. The fourth-order valence-corrected chi connectivity index (χ4v) is 2.65. The summed E-state index contributed by atoms with van der Waals surface area (Å²) in [6.07, 6.45) is 0. The second kappa shape index (κ2) is 3.36. The molecule has 0 saturated heterocycles. The number of fused-ring (bicyclic) bond motifs is 3. The van der Waals surface area contributed by atoms with Gasteiger partial charge in [0.2, 0.25) is 0 Å². The van der Waals surface area contributed by atoms with Crippen LogP contribution in [0.4, 0.5) is 0 Å². The van der Waals surface area contributed by atoms with Crippen molar-refractivity contribution < 1.29 is 0 Å². The minimum atomic E-state index is 0.0999. The second-order valence-corrected chi connectivity index (χ2v) is 5.54. The number of aromatic nitrogens is 1. The van der Waals surface area contributed by atoms with E-state index in [0.29, 0.717) is 0 Å². The summed E-state index contributed by atoms with van der Waals surface area (Å²) in [5.41, 5.74) is 2.74. The first-order chi connectivity index (χ1) is 8.09. The van der Waals surface area contributed by atoms with Crippen LogP contribution < -0.4 is 0 Å². The van der Waals surface area contributed by atoms with Gasteiger partial charge in [-0.15, -0.1) is 0 Å². The quantitative estimate of drug-likeness (QED) is 0.527. The topological polar surface area (TPSA) is 4.93 Å². The summed E-state index contributed by atoms with van der Waals surface area (Å²) >= 11 is 0.